The first-order valence-electron chi connectivity index (χ1n) is 8.53. The predicted molar refractivity (Wildman–Crippen MR) is 105 cm³/mol. The van der Waals surface area contributed by atoms with E-state index in [-0.39, 0.29) is 0 Å². The van der Waals surface area contributed by atoms with Crippen LogP contribution in [-0.4, -0.2) is 27.9 Å². The van der Waals surface area contributed by atoms with Crippen LogP contribution in [0.25, 0.3) is 11.3 Å². The van der Waals surface area contributed by atoms with Crippen molar-refractivity contribution in [3.05, 3.63) is 65.3 Å². The van der Waals surface area contributed by atoms with E-state index in [2.05, 4.69) is 34.3 Å². The Morgan fingerprint density at radius 2 is 2.00 bits per heavy atom. The van der Waals surface area contributed by atoms with Crippen LogP contribution in [0.2, 0.25) is 0 Å². The number of nitrogens with one attached hydrogen (secondary N) is 1. The number of esters is 1. The monoisotopic (exact) mass is 381 g/mol. The van der Waals surface area contributed by atoms with Gasteiger partial charge in [-0.2, -0.15) is 0 Å². The number of hydrogen-bond donors (Lipinski definition) is 1. The summed E-state index contributed by atoms with van der Waals surface area (Å²) in [5, 5.41) is 5.02. The lowest BCUT2D eigenvalue weighted by Crippen LogP contribution is -2.30. The number of pyridine rings is 1. The number of anilines is 1. The highest BCUT2D eigenvalue weighted by Gasteiger charge is 2.20. The molecule has 138 valence electrons. The second-order valence-corrected chi connectivity index (χ2v) is 6.72. The minimum absolute atomic E-state index is 0.296. The van der Waals surface area contributed by atoms with Gasteiger partial charge in [-0.15, -0.1) is 11.3 Å². The normalized spacial score (nSPS) is 11.6. The lowest BCUT2D eigenvalue weighted by molar-refractivity contribution is -0.123. The number of benzene rings is 1. The Labute approximate surface area is 161 Å². The molecule has 0 radical (unpaired) electrons. The molecule has 0 aliphatic heterocycles. The van der Waals surface area contributed by atoms with Crippen LogP contribution in [0.15, 0.2) is 54.2 Å². The Balaban J connectivity index is 1.60. The van der Waals surface area contributed by atoms with Crippen LogP contribution in [-0.2, 0) is 16.0 Å². The minimum Gasteiger partial charge on any atom is -0.449 e. The first-order valence-corrected chi connectivity index (χ1v) is 9.41. The van der Waals surface area contributed by atoms with Gasteiger partial charge in [0.15, 0.2) is 11.2 Å². The van der Waals surface area contributed by atoms with Crippen molar-refractivity contribution in [2.24, 2.45) is 0 Å². The van der Waals surface area contributed by atoms with Crippen molar-refractivity contribution >= 4 is 28.3 Å². The third-order valence-electron chi connectivity index (χ3n) is 3.94. The molecule has 0 aliphatic rings. The van der Waals surface area contributed by atoms with E-state index in [4.69, 9.17) is 4.74 Å². The quantitative estimate of drug-likeness (QED) is 0.654. The summed E-state index contributed by atoms with van der Waals surface area (Å²) in [6, 6.07) is 11.4. The average Bonchev–Trinajstić information content (AvgIpc) is 3.17. The van der Waals surface area contributed by atoms with Gasteiger partial charge in [0.2, 0.25) is 0 Å². The second-order valence-electron chi connectivity index (χ2n) is 5.87. The van der Waals surface area contributed by atoms with Gasteiger partial charge in [0.05, 0.1) is 11.3 Å². The Bertz CT molecular complexity index is 923. The van der Waals surface area contributed by atoms with Crippen molar-refractivity contribution in [2.75, 3.05) is 5.32 Å². The maximum atomic E-state index is 12.3. The molecule has 0 saturated heterocycles. The molecule has 3 aromatic rings. The molecule has 1 N–H and O–H groups in total. The Kier molecular flexibility index (Phi) is 5.93. The lowest BCUT2D eigenvalue weighted by Gasteiger charge is -2.12. The standard InChI is InChI=1S/C20H19N3O3S/c1-3-14-6-8-15(9-7-14)17-12-27-20(22-17)23-18(24)13(2)26-19(25)16-5-4-10-21-11-16/h4-13H,3H2,1-2H3,(H,22,23,24). The van der Waals surface area contributed by atoms with Crippen molar-refractivity contribution in [1.82, 2.24) is 9.97 Å². The minimum atomic E-state index is -0.950. The highest BCUT2D eigenvalue weighted by atomic mass is 32.1. The lowest BCUT2D eigenvalue weighted by atomic mass is 10.1. The molecular formula is C20H19N3O3S. The number of amides is 1. The van der Waals surface area contributed by atoms with E-state index in [9.17, 15) is 9.59 Å². The highest BCUT2D eigenvalue weighted by molar-refractivity contribution is 7.14. The van der Waals surface area contributed by atoms with Crippen LogP contribution in [0.4, 0.5) is 5.13 Å². The molecule has 2 aromatic heterocycles. The third kappa shape index (κ3) is 4.77. The number of rotatable bonds is 6. The van der Waals surface area contributed by atoms with Crippen LogP contribution < -0.4 is 5.32 Å². The number of aromatic nitrogens is 2. The largest absolute Gasteiger partial charge is 0.449 e. The molecule has 3 rings (SSSR count). The molecule has 1 amide bonds. The summed E-state index contributed by atoms with van der Waals surface area (Å²) in [5.74, 6) is -1.03. The Hall–Kier alpha value is -3.06. The third-order valence-corrected chi connectivity index (χ3v) is 4.70. The van der Waals surface area contributed by atoms with E-state index in [1.165, 1.54) is 30.0 Å². The van der Waals surface area contributed by atoms with Crippen molar-refractivity contribution in [3.63, 3.8) is 0 Å². The van der Waals surface area contributed by atoms with Gasteiger partial charge < -0.3 is 4.74 Å². The van der Waals surface area contributed by atoms with E-state index >= 15 is 0 Å². The average molecular weight is 381 g/mol. The number of nitrogens with zero attached hydrogens (tertiary/aromatic N) is 2. The summed E-state index contributed by atoms with van der Waals surface area (Å²) in [5.41, 5.74) is 3.33. The zero-order chi connectivity index (χ0) is 19.2. The Morgan fingerprint density at radius 1 is 1.22 bits per heavy atom. The maximum Gasteiger partial charge on any atom is 0.340 e. The number of hydrogen-bond acceptors (Lipinski definition) is 6. The maximum absolute atomic E-state index is 12.3. The second kappa shape index (κ2) is 8.55. The first kappa shape index (κ1) is 18.7. The van der Waals surface area contributed by atoms with E-state index in [0.717, 1.165) is 17.7 Å². The molecule has 7 heteroatoms. The first-order chi connectivity index (χ1) is 13.1. The summed E-state index contributed by atoms with van der Waals surface area (Å²) in [6.07, 6.45) is 2.98. The van der Waals surface area contributed by atoms with Crippen LogP contribution in [0.3, 0.4) is 0 Å². The summed E-state index contributed by atoms with van der Waals surface area (Å²) in [6.45, 7) is 3.62. The van der Waals surface area contributed by atoms with Gasteiger partial charge in [-0.25, -0.2) is 9.78 Å². The number of carbonyl (C=O) groups is 2. The van der Waals surface area contributed by atoms with Gasteiger partial charge in [0.25, 0.3) is 5.91 Å². The van der Waals surface area contributed by atoms with Crippen LogP contribution in [0.1, 0.15) is 29.8 Å². The van der Waals surface area contributed by atoms with Crippen molar-refractivity contribution in [1.29, 1.82) is 0 Å². The molecule has 0 spiro atoms. The molecule has 6 nitrogen and oxygen atoms in total. The zero-order valence-corrected chi connectivity index (χ0v) is 15.8. The highest BCUT2D eigenvalue weighted by Crippen LogP contribution is 2.25. The van der Waals surface area contributed by atoms with Crippen LogP contribution in [0, 0.1) is 0 Å². The fraction of sp³-hybridized carbons (Fsp3) is 0.200. The molecule has 0 saturated carbocycles. The molecule has 1 atom stereocenters. The SMILES string of the molecule is CCc1ccc(-c2csc(NC(=O)C(C)OC(=O)c3cccnc3)n2)cc1. The Morgan fingerprint density at radius 3 is 2.67 bits per heavy atom. The summed E-state index contributed by atoms with van der Waals surface area (Å²) < 4.78 is 5.17. The molecule has 0 fully saturated rings. The summed E-state index contributed by atoms with van der Waals surface area (Å²) in [7, 11) is 0. The smallest absolute Gasteiger partial charge is 0.340 e. The molecule has 2 heterocycles. The predicted octanol–water partition coefficient (Wildman–Crippen LogP) is 3.95. The number of aryl methyl sites for hydroxylation is 1. The molecular weight excluding hydrogens is 362 g/mol. The fourth-order valence-electron chi connectivity index (χ4n) is 2.35. The molecule has 0 aliphatic carbocycles. The summed E-state index contributed by atoms with van der Waals surface area (Å²) >= 11 is 1.32. The number of carbonyl (C=O) groups excluding carboxylic acids is 2. The van der Waals surface area contributed by atoms with E-state index in [1.807, 2.05) is 17.5 Å². The van der Waals surface area contributed by atoms with Crippen LogP contribution >= 0.6 is 11.3 Å². The number of thiazole rings is 1. The van der Waals surface area contributed by atoms with Gasteiger partial charge in [-0.3, -0.25) is 15.1 Å². The van der Waals surface area contributed by atoms with Gasteiger partial charge >= 0.3 is 5.97 Å². The van der Waals surface area contributed by atoms with Gasteiger partial charge in [0, 0.05) is 23.3 Å². The fourth-order valence-corrected chi connectivity index (χ4v) is 3.07. The van der Waals surface area contributed by atoms with Gasteiger partial charge in [0.1, 0.15) is 0 Å². The van der Waals surface area contributed by atoms with Crippen molar-refractivity contribution in [3.8, 4) is 11.3 Å². The van der Waals surface area contributed by atoms with E-state index in [0.29, 0.717) is 10.7 Å². The van der Waals surface area contributed by atoms with Gasteiger partial charge in [-0.1, -0.05) is 31.2 Å². The van der Waals surface area contributed by atoms with Crippen molar-refractivity contribution < 1.29 is 14.3 Å². The van der Waals surface area contributed by atoms with Crippen molar-refractivity contribution in [2.45, 2.75) is 26.4 Å². The topological polar surface area (TPSA) is 81.2 Å². The molecule has 1 aromatic carbocycles. The van der Waals surface area contributed by atoms with Gasteiger partial charge in [-0.05, 0) is 31.0 Å². The van der Waals surface area contributed by atoms with E-state index in [1.54, 1.807) is 18.3 Å². The van der Waals surface area contributed by atoms with E-state index < -0.39 is 18.0 Å². The number of ether oxygens (including phenoxy) is 1. The molecule has 1 unspecified atom stereocenters. The van der Waals surface area contributed by atoms with Crippen LogP contribution in [0.5, 0.6) is 0 Å². The zero-order valence-electron chi connectivity index (χ0n) is 15.0. The molecule has 0 bridgehead atoms. The summed E-state index contributed by atoms with van der Waals surface area (Å²) in [4.78, 5) is 32.6. The molecule has 27 heavy (non-hydrogen) atoms.